The first-order chi connectivity index (χ1) is 18.4. The van der Waals surface area contributed by atoms with E-state index in [-0.39, 0.29) is 24.1 Å². The molecule has 10 heteroatoms. The molecule has 214 valence electrons. The van der Waals surface area contributed by atoms with Crippen molar-refractivity contribution in [1.82, 2.24) is 20.9 Å². The molecule has 3 rings (SSSR count). The molecule has 9 nitrogen and oxygen atoms in total. The first kappa shape index (κ1) is 30.5. The number of amides is 3. The first-order valence-electron chi connectivity index (χ1n) is 13.9. The summed E-state index contributed by atoms with van der Waals surface area (Å²) in [4.78, 5) is 26.4. The third kappa shape index (κ3) is 9.59. The lowest BCUT2D eigenvalue weighted by Gasteiger charge is -2.38. The van der Waals surface area contributed by atoms with Crippen molar-refractivity contribution in [1.29, 1.82) is 0 Å². The van der Waals surface area contributed by atoms with Gasteiger partial charge in [-0.05, 0) is 81.7 Å². The molecular formula is C28H45ClN4O5. The second-order valence-electron chi connectivity index (χ2n) is 10.4. The summed E-state index contributed by atoms with van der Waals surface area (Å²) in [6, 6.07) is 6.05. The Morgan fingerprint density at radius 2 is 2.08 bits per heavy atom. The zero-order valence-electron chi connectivity index (χ0n) is 23.1. The molecule has 0 bridgehead atoms. The Hall–Kier alpha value is -2.07. The van der Waals surface area contributed by atoms with Crippen molar-refractivity contribution < 1.29 is 23.8 Å². The lowest BCUT2D eigenvalue weighted by molar-refractivity contribution is -0.0113. The molecule has 0 spiro atoms. The number of alkyl carbamates (subject to hydrolysis) is 1. The Labute approximate surface area is 232 Å². The van der Waals surface area contributed by atoms with Gasteiger partial charge in [-0.3, -0.25) is 0 Å². The van der Waals surface area contributed by atoms with Crippen LogP contribution in [-0.4, -0.2) is 83.2 Å². The van der Waals surface area contributed by atoms with Gasteiger partial charge in [0.05, 0.1) is 13.2 Å². The molecule has 1 aromatic rings. The molecular weight excluding hydrogens is 508 g/mol. The highest BCUT2D eigenvalue weighted by Crippen LogP contribution is 2.36. The van der Waals surface area contributed by atoms with Gasteiger partial charge in [0, 0.05) is 63.0 Å². The van der Waals surface area contributed by atoms with Crippen LogP contribution in [-0.2, 0) is 14.2 Å². The quantitative estimate of drug-likeness (QED) is 0.335. The van der Waals surface area contributed by atoms with Gasteiger partial charge in [0.2, 0.25) is 0 Å². The van der Waals surface area contributed by atoms with E-state index >= 15 is 0 Å². The summed E-state index contributed by atoms with van der Waals surface area (Å²) in [5.74, 6) is 0.679. The Morgan fingerprint density at radius 3 is 2.82 bits per heavy atom. The van der Waals surface area contributed by atoms with Crippen LogP contribution in [0.2, 0.25) is 5.02 Å². The zero-order valence-corrected chi connectivity index (χ0v) is 23.9. The number of piperidine rings is 1. The average Bonchev–Trinajstić information content (AvgIpc) is 2.94. The number of hydrogen-bond donors (Lipinski definition) is 3. The number of likely N-dealkylation sites (N-methyl/N-ethyl adjacent to an activating group) is 1. The first-order valence-corrected chi connectivity index (χ1v) is 14.3. The van der Waals surface area contributed by atoms with E-state index < -0.39 is 6.09 Å². The SMILES string of the molecule is CN[C@H](CNC(=O)N1CCC[C@@H]([C@@H](OCCCNC(=O)OC)c2cc(Cl)ccc2C)C1)C[C@H]1CCCOC1. The molecule has 2 aliphatic rings. The monoisotopic (exact) mass is 552 g/mol. The molecule has 0 saturated carbocycles. The van der Waals surface area contributed by atoms with Gasteiger partial charge in [-0.15, -0.1) is 0 Å². The fourth-order valence-corrected chi connectivity index (χ4v) is 5.59. The van der Waals surface area contributed by atoms with Crippen LogP contribution in [0.25, 0.3) is 0 Å². The molecule has 3 N–H and O–H groups in total. The molecule has 38 heavy (non-hydrogen) atoms. The molecule has 2 aliphatic heterocycles. The standard InChI is InChI=1S/C28H45ClN4O5/c1-20-9-10-23(29)16-25(20)26(38-14-6-11-31-28(35)36-3)22-8-4-12-33(18-22)27(34)32-17-24(30-2)15-21-7-5-13-37-19-21/h9-10,16,21-22,24,26,30H,4-8,11-15,17-19H2,1-3H3,(H,31,35)(H,32,34)/t21-,22-,24+,26-/m1/s1. The van der Waals surface area contributed by atoms with Crippen LogP contribution in [0.15, 0.2) is 18.2 Å². The second-order valence-corrected chi connectivity index (χ2v) is 10.8. The van der Waals surface area contributed by atoms with E-state index in [9.17, 15) is 9.59 Å². The predicted octanol–water partition coefficient (Wildman–Crippen LogP) is 4.28. The maximum atomic E-state index is 13.2. The average molecular weight is 553 g/mol. The van der Waals surface area contributed by atoms with Gasteiger partial charge in [-0.2, -0.15) is 0 Å². The molecule has 0 aromatic heterocycles. The normalized spacial score (nSPS) is 21.4. The van der Waals surface area contributed by atoms with Gasteiger partial charge < -0.3 is 35.1 Å². The number of nitrogens with zero attached hydrogens (tertiary/aromatic N) is 1. The molecule has 0 unspecified atom stereocenters. The molecule has 0 aliphatic carbocycles. The van der Waals surface area contributed by atoms with Crippen LogP contribution in [0.5, 0.6) is 0 Å². The van der Waals surface area contributed by atoms with Gasteiger partial charge in [0.1, 0.15) is 0 Å². The topological polar surface area (TPSA) is 101 Å². The van der Waals surface area contributed by atoms with Crippen molar-refractivity contribution in [2.24, 2.45) is 11.8 Å². The van der Waals surface area contributed by atoms with Gasteiger partial charge in [-0.1, -0.05) is 17.7 Å². The third-order valence-electron chi connectivity index (χ3n) is 7.57. The summed E-state index contributed by atoms with van der Waals surface area (Å²) in [6.07, 6.45) is 5.17. The Balaban J connectivity index is 1.58. The highest BCUT2D eigenvalue weighted by Gasteiger charge is 2.32. The number of carbonyl (C=O) groups excluding carboxylic acids is 2. The second kappa shape index (κ2) is 16.1. The van der Waals surface area contributed by atoms with Crippen molar-refractivity contribution >= 4 is 23.7 Å². The molecule has 2 heterocycles. The van der Waals surface area contributed by atoms with E-state index in [1.54, 1.807) is 0 Å². The van der Waals surface area contributed by atoms with Crippen LogP contribution in [0.1, 0.15) is 55.8 Å². The maximum absolute atomic E-state index is 13.2. The van der Waals surface area contributed by atoms with Crippen molar-refractivity contribution in [3.05, 3.63) is 34.3 Å². The number of halogens is 1. The summed E-state index contributed by atoms with van der Waals surface area (Å²) in [6.45, 7) is 6.60. The zero-order chi connectivity index (χ0) is 27.3. The fraction of sp³-hybridized carbons (Fsp3) is 0.714. The number of urea groups is 1. The number of nitrogens with one attached hydrogen (secondary N) is 3. The van der Waals surface area contributed by atoms with Gasteiger partial charge in [-0.25, -0.2) is 9.59 Å². The van der Waals surface area contributed by atoms with Crippen LogP contribution in [0.4, 0.5) is 9.59 Å². The van der Waals surface area contributed by atoms with Crippen molar-refractivity contribution in [2.45, 2.75) is 57.6 Å². The highest BCUT2D eigenvalue weighted by molar-refractivity contribution is 6.30. The van der Waals surface area contributed by atoms with E-state index in [4.69, 9.17) is 21.1 Å². The molecule has 1 aromatic carbocycles. The van der Waals surface area contributed by atoms with Crippen LogP contribution in [0, 0.1) is 18.8 Å². The number of hydrogen-bond acceptors (Lipinski definition) is 6. The van der Waals surface area contributed by atoms with E-state index in [1.165, 1.54) is 13.5 Å². The summed E-state index contributed by atoms with van der Waals surface area (Å²) in [5.41, 5.74) is 2.16. The van der Waals surface area contributed by atoms with Gasteiger partial charge in [0.15, 0.2) is 0 Å². The van der Waals surface area contributed by atoms with Crippen molar-refractivity contribution in [3.63, 3.8) is 0 Å². The Kier molecular flexibility index (Phi) is 12.9. The van der Waals surface area contributed by atoms with Crippen LogP contribution in [0.3, 0.4) is 0 Å². The van der Waals surface area contributed by atoms with E-state index in [0.29, 0.717) is 43.6 Å². The third-order valence-corrected chi connectivity index (χ3v) is 7.81. The van der Waals surface area contributed by atoms with Gasteiger partial charge >= 0.3 is 12.1 Å². The summed E-state index contributed by atoms with van der Waals surface area (Å²) >= 11 is 6.36. The number of aryl methyl sites for hydroxylation is 1. The van der Waals surface area contributed by atoms with Crippen LogP contribution >= 0.6 is 11.6 Å². The smallest absolute Gasteiger partial charge is 0.406 e. The van der Waals surface area contributed by atoms with Crippen molar-refractivity contribution in [3.8, 4) is 0 Å². The minimum absolute atomic E-state index is 0.0290. The molecule has 4 atom stereocenters. The number of methoxy groups -OCH3 is 1. The minimum Gasteiger partial charge on any atom is -0.453 e. The number of rotatable bonds is 12. The lowest BCUT2D eigenvalue weighted by atomic mass is 9.86. The molecule has 2 saturated heterocycles. The summed E-state index contributed by atoms with van der Waals surface area (Å²) in [7, 11) is 3.30. The number of benzene rings is 1. The van der Waals surface area contributed by atoms with Crippen LogP contribution < -0.4 is 16.0 Å². The predicted molar refractivity (Wildman–Crippen MR) is 149 cm³/mol. The van der Waals surface area contributed by atoms with E-state index in [1.807, 2.05) is 30.1 Å². The fourth-order valence-electron chi connectivity index (χ4n) is 5.41. The van der Waals surface area contributed by atoms with E-state index in [2.05, 4.69) is 27.6 Å². The maximum Gasteiger partial charge on any atom is 0.406 e. The molecule has 3 amide bonds. The Bertz CT molecular complexity index is 883. The van der Waals surface area contributed by atoms with Crippen molar-refractivity contribution in [2.75, 3.05) is 60.2 Å². The largest absolute Gasteiger partial charge is 0.453 e. The van der Waals surface area contributed by atoms with Gasteiger partial charge in [0.25, 0.3) is 0 Å². The molecule has 2 fully saturated rings. The summed E-state index contributed by atoms with van der Waals surface area (Å²) < 4.78 is 16.7. The number of ether oxygens (including phenoxy) is 3. The summed E-state index contributed by atoms with van der Waals surface area (Å²) in [5, 5.41) is 9.87. The highest BCUT2D eigenvalue weighted by atomic mass is 35.5. The molecule has 0 radical (unpaired) electrons. The Morgan fingerprint density at radius 1 is 1.24 bits per heavy atom. The number of likely N-dealkylation sites (tertiary alicyclic amines) is 1. The lowest BCUT2D eigenvalue weighted by Crippen LogP contribution is -2.50. The number of carbonyl (C=O) groups is 2. The van der Waals surface area contributed by atoms with E-state index in [0.717, 1.165) is 56.6 Å². The minimum atomic E-state index is -0.450.